The highest BCUT2D eigenvalue weighted by atomic mass is 16.2. The number of carbonyl (C=O) groups excluding carboxylic acids is 1. The molecular formula is C15H29N3O. The molecule has 0 aromatic carbocycles. The molecule has 1 atom stereocenters. The Kier molecular flexibility index (Phi) is 6.11. The predicted molar refractivity (Wildman–Crippen MR) is 78.1 cm³/mol. The summed E-state index contributed by atoms with van der Waals surface area (Å²) in [6.45, 7) is 6.88. The molecule has 1 amide bonds. The van der Waals surface area contributed by atoms with Crippen LogP contribution in [0, 0.1) is 5.92 Å². The first-order valence-electron chi connectivity index (χ1n) is 8.00. The van der Waals surface area contributed by atoms with Crippen molar-refractivity contribution in [1.82, 2.24) is 15.5 Å². The van der Waals surface area contributed by atoms with Crippen LogP contribution in [-0.4, -0.2) is 49.6 Å². The van der Waals surface area contributed by atoms with Crippen molar-refractivity contribution >= 4 is 5.91 Å². The maximum atomic E-state index is 11.9. The molecule has 0 radical (unpaired) electrons. The maximum absolute atomic E-state index is 11.9. The molecular weight excluding hydrogens is 238 g/mol. The molecule has 2 aliphatic rings. The number of hydrogen-bond acceptors (Lipinski definition) is 3. The Hall–Kier alpha value is -0.610. The van der Waals surface area contributed by atoms with Crippen LogP contribution < -0.4 is 10.6 Å². The Morgan fingerprint density at radius 2 is 2.21 bits per heavy atom. The van der Waals surface area contributed by atoms with Crippen molar-refractivity contribution in [3.63, 3.8) is 0 Å². The van der Waals surface area contributed by atoms with Crippen molar-refractivity contribution in [2.45, 2.75) is 51.5 Å². The molecule has 1 saturated carbocycles. The Labute approximate surface area is 117 Å². The summed E-state index contributed by atoms with van der Waals surface area (Å²) < 4.78 is 0. The van der Waals surface area contributed by atoms with Crippen LogP contribution >= 0.6 is 0 Å². The van der Waals surface area contributed by atoms with Gasteiger partial charge in [-0.05, 0) is 51.1 Å². The van der Waals surface area contributed by atoms with Gasteiger partial charge in [-0.1, -0.05) is 13.3 Å². The molecule has 19 heavy (non-hydrogen) atoms. The highest BCUT2D eigenvalue weighted by Crippen LogP contribution is 2.27. The van der Waals surface area contributed by atoms with E-state index in [9.17, 15) is 4.79 Å². The Morgan fingerprint density at radius 3 is 2.84 bits per heavy atom. The quantitative estimate of drug-likeness (QED) is 0.663. The molecule has 4 nitrogen and oxygen atoms in total. The third-order valence-corrected chi connectivity index (χ3v) is 4.12. The highest BCUT2D eigenvalue weighted by Gasteiger charge is 2.23. The summed E-state index contributed by atoms with van der Waals surface area (Å²) in [4.78, 5) is 14.3. The Balaban J connectivity index is 1.69. The van der Waals surface area contributed by atoms with E-state index in [4.69, 9.17) is 0 Å². The van der Waals surface area contributed by atoms with Crippen LogP contribution in [0.15, 0.2) is 0 Å². The van der Waals surface area contributed by atoms with Gasteiger partial charge >= 0.3 is 0 Å². The minimum absolute atomic E-state index is 0.209. The molecule has 1 aliphatic heterocycles. The first-order valence-corrected chi connectivity index (χ1v) is 8.00. The van der Waals surface area contributed by atoms with E-state index in [0.717, 1.165) is 32.1 Å². The van der Waals surface area contributed by atoms with Crippen molar-refractivity contribution < 1.29 is 4.79 Å². The van der Waals surface area contributed by atoms with E-state index in [1.807, 2.05) is 0 Å². The molecule has 2 fully saturated rings. The lowest BCUT2D eigenvalue weighted by Gasteiger charge is -2.25. The lowest BCUT2D eigenvalue weighted by atomic mass is 10.2. The first kappa shape index (κ1) is 14.8. The van der Waals surface area contributed by atoms with E-state index in [2.05, 4.69) is 22.5 Å². The van der Waals surface area contributed by atoms with Crippen molar-refractivity contribution in [1.29, 1.82) is 0 Å². The molecule has 1 saturated heterocycles. The molecule has 2 rings (SSSR count). The van der Waals surface area contributed by atoms with Gasteiger partial charge in [0.05, 0.1) is 6.54 Å². The summed E-state index contributed by atoms with van der Waals surface area (Å²) >= 11 is 0. The number of nitrogens with one attached hydrogen (secondary N) is 2. The third kappa shape index (κ3) is 5.91. The lowest BCUT2D eigenvalue weighted by molar-refractivity contribution is -0.122. The van der Waals surface area contributed by atoms with E-state index in [1.54, 1.807) is 0 Å². The van der Waals surface area contributed by atoms with E-state index < -0.39 is 0 Å². The van der Waals surface area contributed by atoms with E-state index in [0.29, 0.717) is 12.6 Å². The van der Waals surface area contributed by atoms with Crippen molar-refractivity contribution in [3.05, 3.63) is 0 Å². The zero-order valence-electron chi connectivity index (χ0n) is 12.3. The highest BCUT2D eigenvalue weighted by molar-refractivity contribution is 5.78. The summed E-state index contributed by atoms with van der Waals surface area (Å²) in [6.07, 6.45) is 7.50. The molecule has 0 aromatic heterocycles. The zero-order valence-corrected chi connectivity index (χ0v) is 12.3. The summed E-state index contributed by atoms with van der Waals surface area (Å²) in [6, 6.07) is 0.591. The van der Waals surface area contributed by atoms with Crippen LogP contribution in [0.3, 0.4) is 0 Å². The lowest BCUT2D eigenvalue weighted by Crippen LogP contribution is -2.44. The fourth-order valence-electron chi connectivity index (χ4n) is 2.68. The van der Waals surface area contributed by atoms with E-state index in [-0.39, 0.29) is 5.91 Å². The number of carbonyl (C=O) groups is 1. The van der Waals surface area contributed by atoms with Gasteiger partial charge in [0, 0.05) is 19.1 Å². The molecule has 0 bridgehead atoms. The van der Waals surface area contributed by atoms with Crippen LogP contribution in [0.5, 0.6) is 0 Å². The van der Waals surface area contributed by atoms with Gasteiger partial charge in [0.25, 0.3) is 0 Å². The minimum atomic E-state index is 0.209. The molecule has 0 spiro atoms. The van der Waals surface area contributed by atoms with Gasteiger partial charge in [-0.3, -0.25) is 9.69 Å². The SMILES string of the molecule is CCCCN(CC(=O)NCC1CC1)CC1CCCN1. The number of amides is 1. The number of rotatable bonds is 9. The summed E-state index contributed by atoms with van der Waals surface area (Å²) in [5.74, 6) is 0.977. The summed E-state index contributed by atoms with van der Waals surface area (Å²) in [5.41, 5.74) is 0. The largest absolute Gasteiger partial charge is 0.355 e. The fourth-order valence-corrected chi connectivity index (χ4v) is 2.68. The average Bonchev–Trinajstić information content (AvgIpc) is 3.10. The van der Waals surface area contributed by atoms with Gasteiger partial charge in [0.15, 0.2) is 0 Å². The van der Waals surface area contributed by atoms with Gasteiger partial charge in [-0.25, -0.2) is 0 Å². The second-order valence-corrected chi connectivity index (χ2v) is 6.13. The van der Waals surface area contributed by atoms with Crippen LogP contribution in [0.4, 0.5) is 0 Å². The second-order valence-electron chi connectivity index (χ2n) is 6.13. The van der Waals surface area contributed by atoms with Crippen LogP contribution in [0.1, 0.15) is 45.4 Å². The predicted octanol–water partition coefficient (Wildman–Crippen LogP) is 1.37. The van der Waals surface area contributed by atoms with E-state index >= 15 is 0 Å². The molecule has 4 heteroatoms. The van der Waals surface area contributed by atoms with E-state index in [1.165, 1.54) is 38.5 Å². The monoisotopic (exact) mass is 267 g/mol. The summed E-state index contributed by atoms with van der Waals surface area (Å²) in [5, 5.41) is 6.60. The number of hydrogen-bond donors (Lipinski definition) is 2. The number of unbranched alkanes of at least 4 members (excludes halogenated alkanes) is 1. The third-order valence-electron chi connectivity index (χ3n) is 4.12. The molecule has 2 N–H and O–H groups in total. The molecule has 110 valence electrons. The van der Waals surface area contributed by atoms with Crippen LogP contribution in [0.25, 0.3) is 0 Å². The topological polar surface area (TPSA) is 44.4 Å². The van der Waals surface area contributed by atoms with Gasteiger partial charge in [0.1, 0.15) is 0 Å². The molecule has 0 aromatic rings. The minimum Gasteiger partial charge on any atom is -0.355 e. The van der Waals surface area contributed by atoms with Gasteiger partial charge in [-0.2, -0.15) is 0 Å². The molecule has 1 heterocycles. The van der Waals surface area contributed by atoms with Crippen LogP contribution in [-0.2, 0) is 4.79 Å². The molecule has 1 unspecified atom stereocenters. The first-order chi connectivity index (χ1) is 9.28. The van der Waals surface area contributed by atoms with Crippen molar-refractivity contribution in [2.24, 2.45) is 5.92 Å². The standard InChI is InChI=1S/C15H29N3O/c1-2-3-9-18(11-14-5-4-8-16-14)12-15(19)17-10-13-6-7-13/h13-14,16H,2-12H2,1H3,(H,17,19). The maximum Gasteiger partial charge on any atom is 0.234 e. The van der Waals surface area contributed by atoms with Crippen molar-refractivity contribution in [2.75, 3.05) is 32.7 Å². The normalized spacial score (nSPS) is 22.9. The number of nitrogens with zero attached hydrogens (tertiary/aromatic N) is 1. The smallest absolute Gasteiger partial charge is 0.234 e. The van der Waals surface area contributed by atoms with Crippen LogP contribution in [0.2, 0.25) is 0 Å². The fraction of sp³-hybridized carbons (Fsp3) is 0.933. The van der Waals surface area contributed by atoms with Gasteiger partial charge in [-0.15, -0.1) is 0 Å². The molecule has 1 aliphatic carbocycles. The average molecular weight is 267 g/mol. The second kappa shape index (κ2) is 7.85. The Bertz CT molecular complexity index is 273. The van der Waals surface area contributed by atoms with Gasteiger partial charge < -0.3 is 10.6 Å². The Morgan fingerprint density at radius 1 is 1.37 bits per heavy atom. The van der Waals surface area contributed by atoms with Gasteiger partial charge in [0.2, 0.25) is 5.91 Å². The summed E-state index contributed by atoms with van der Waals surface area (Å²) in [7, 11) is 0. The van der Waals surface area contributed by atoms with Crippen molar-refractivity contribution in [3.8, 4) is 0 Å². The zero-order chi connectivity index (χ0) is 13.5.